The summed E-state index contributed by atoms with van der Waals surface area (Å²) < 4.78 is 42.5. The summed E-state index contributed by atoms with van der Waals surface area (Å²) in [6, 6.07) is 13.8. The van der Waals surface area contributed by atoms with Gasteiger partial charge in [-0.05, 0) is 79.6 Å². The number of halogens is 3. The third-order valence-corrected chi connectivity index (χ3v) is 6.34. The van der Waals surface area contributed by atoms with Crippen LogP contribution in [0, 0.1) is 18.3 Å². The molecule has 0 bridgehead atoms. The van der Waals surface area contributed by atoms with Crippen molar-refractivity contribution in [3.63, 3.8) is 0 Å². The van der Waals surface area contributed by atoms with Gasteiger partial charge in [0.25, 0.3) is 5.56 Å². The van der Waals surface area contributed by atoms with Crippen molar-refractivity contribution in [2.24, 2.45) is 0 Å². The second-order valence-corrected chi connectivity index (χ2v) is 8.58. The smallest absolute Gasteiger partial charge is 0.268 e. The molecule has 0 radical (unpaired) electrons. The summed E-state index contributed by atoms with van der Waals surface area (Å²) in [4.78, 5) is 26.9. The molecule has 3 aromatic rings. The number of benzene rings is 2. The topological polar surface area (TPSA) is 67.8 Å². The van der Waals surface area contributed by atoms with E-state index in [9.17, 15) is 22.8 Å². The molecule has 180 valence electrons. The summed E-state index contributed by atoms with van der Waals surface area (Å²) in [6.45, 7) is 3.59. The Hall–Kier alpha value is -3.86. The second-order valence-electron chi connectivity index (χ2n) is 8.58. The molecule has 1 aromatic heterocycles. The van der Waals surface area contributed by atoms with E-state index in [0.717, 1.165) is 46.3 Å². The van der Waals surface area contributed by atoms with E-state index >= 15 is 0 Å². The van der Waals surface area contributed by atoms with Gasteiger partial charge in [0.1, 0.15) is 0 Å². The molecule has 0 unspecified atom stereocenters. The van der Waals surface area contributed by atoms with Gasteiger partial charge in [0.05, 0.1) is 28.4 Å². The van der Waals surface area contributed by atoms with Crippen LogP contribution in [0.1, 0.15) is 60.6 Å². The van der Waals surface area contributed by atoms with Gasteiger partial charge < -0.3 is 0 Å². The lowest BCUT2D eigenvalue weighted by Crippen LogP contribution is -2.42. The highest BCUT2D eigenvalue weighted by molar-refractivity contribution is 5.93. The molecule has 4 rings (SSSR count). The Morgan fingerprint density at radius 1 is 1.03 bits per heavy atom. The van der Waals surface area contributed by atoms with Gasteiger partial charge in [-0.15, -0.1) is 0 Å². The summed E-state index contributed by atoms with van der Waals surface area (Å²) in [6.07, 6.45) is -1.92. The van der Waals surface area contributed by atoms with Crippen LogP contribution >= 0.6 is 0 Å². The quantitative estimate of drug-likeness (QED) is 0.471. The summed E-state index contributed by atoms with van der Waals surface area (Å²) >= 11 is 0. The number of alkyl halides is 3. The van der Waals surface area contributed by atoms with Crippen LogP contribution in [-0.4, -0.2) is 9.13 Å². The fraction of sp³-hybridized carbons (Fsp3) is 0.296. The highest BCUT2D eigenvalue weighted by Gasteiger charge is 2.31. The maximum Gasteiger partial charge on any atom is 0.416 e. The molecule has 1 aliphatic rings. The highest BCUT2D eigenvalue weighted by Crippen LogP contribution is 2.40. The van der Waals surface area contributed by atoms with Gasteiger partial charge >= 0.3 is 11.9 Å². The first-order valence-electron chi connectivity index (χ1n) is 11.4. The van der Waals surface area contributed by atoms with Crippen LogP contribution in [0.5, 0.6) is 0 Å². The number of allylic oxidation sites excluding steroid dienone is 2. The lowest BCUT2D eigenvalue weighted by molar-refractivity contribution is -0.137. The summed E-state index contributed by atoms with van der Waals surface area (Å²) in [5, 5.41) is 9.10. The monoisotopic (exact) mass is 479 g/mol. The lowest BCUT2D eigenvalue weighted by atomic mass is 9.96. The van der Waals surface area contributed by atoms with Gasteiger partial charge in [0.15, 0.2) is 0 Å². The van der Waals surface area contributed by atoms with E-state index in [1.165, 1.54) is 16.7 Å². The number of rotatable bonds is 5. The Balaban J connectivity index is 2.02. The second kappa shape index (κ2) is 9.41. The Morgan fingerprint density at radius 2 is 1.71 bits per heavy atom. The Bertz CT molecular complexity index is 1470. The first kappa shape index (κ1) is 24.3. The molecular formula is C27H24F3N3O2. The minimum Gasteiger partial charge on any atom is -0.268 e. The average molecular weight is 480 g/mol. The SMILES string of the molecule is CCCn1c(=O)c(C2=C(c3ccc(C#N)cc3)CCC2)c(C)n(-c2cccc(C(F)(F)F)c2)c1=O. The Labute approximate surface area is 200 Å². The Morgan fingerprint density at radius 3 is 2.34 bits per heavy atom. The maximum absolute atomic E-state index is 13.6. The Kier molecular flexibility index (Phi) is 6.53. The van der Waals surface area contributed by atoms with E-state index in [2.05, 4.69) is 6.07 Å². The molecule has 5 nitrogen and oxygen atoms in total. The van der Waals surface area contributed by atoms with Gasteiger partial charge in [0.2, 0.25) is 0 Å². The first-order valence-corrected chi connectivity index (χ1v) is 11.4. The van der Waals surface area contributed by atoms with Crippen LogP contribution in [-0.2, 0) is 12.7 Å². The summed E-state index contributed by atoms with van der Waals surface area (Å²) in [7, 11) is 0. The van der Waals surface area contributed by atoms with E-state index < -0.39 is 23.0 Å². The van der Waals surface area contributed by atoms with Crippen molar-refractivity contribution in [2.75, 3.05) is 0 Å². The normalized spacial score (nSPS) is 13.8. The predicted molar refractivity (Wildman–Crippen MR) is 128 cm³/mol. The number of nitrogens with zero attached hydrogens (tertiary/aromatic N) is 3. The zero-order valence-corrected chi connectivity index (χ0v) is 19.4. The van der Waals surface area contributed by atoms with E-state index in [1.54, 1.807) is 19.1 Å². The van der Waals surface area contributed by atoms with Crippen molar-refractivity contribution < 1.29 is 13.2 Å². The molecule has 0 aliphatic heterocycles. The standard InChI is InChI=1S/C27H24F3N3O2/c1-3-14-32-25(34)24(23-9-5-8-22(23)19-12-10-18(16-31)11-13-19)17(2)33(26(32)35)21-7-4-6-20(15-21)27(28,29)30/h4,6-7,10-13,15H,3,5,8-9,14H2,1-2H3. The van der Waals surface area contributed by atoms with E-state index in [-0.39, 0.29) is 12.2 Å². The molecule has 0 spiro atoms. The van der Waals surface area contributed by atoms with Gasteiger partial charge in [-0.1, -0.05) is 25.1 Å². The molecule has 8 heteroatoms. The predicted octanol–water partition coefficient (Wildman–Crippen LogP) is 5.70. The fourth-order valence-corrected chi connectivity index (χ4v) is 4.73. The molecule has 35 heavy (non-hydrogen) atoms. The zero-order valence-electron chi connectivity index (χ0n) is 19.4. The van der Waals surface area contributed by atoms with Crippen molar-refractivity contribution in [2.45, 2.75) is 52.3 Å². The molecule has 1 aliphatic carbocycles. The van der Waals surface area contributed by atoms with E-state index in [1.807, 2.05) is 19.1 Å². The molecule has 0 atom stereocenters. The third kappa shape index (κ3) is 4.46. The zero-order chi connectivity index (χ0) is 25.3. The molecular weight excluding hydrogens is 455 g/mol. The van der Waals surface area contributed by atoms with Crippen LogP contribution in [0.15, 0.2) is 58.1 Å². The summed E-state index contributed by atoms with van der Waals surface area (Å²) in [5.41, 5.74) is 1.93. The number of aromatic nitrogens is 2. The van der Waals surface area contributed by atoms with Crippen LogP contribution in [0.2, 0.25) is 0 Å². The number of hydrogen-bond donors (Lipinski definition) is 0. The lowest BCUT2D eigenvalue weighted by Gasteiger charge is -2.19. The van der Waals surface area contributed by atoms with Crippen LogP contribution in [0.4, 0.5) is 13.2 Å². The third-order valence-electron chi connectivity index (χ3n) is 6.34. The van der Waals surface area contributed by atoms with Gasteiger partial charge in [0, 0.05) is 12.2 Å². The van der Waals surface area contributed by atoms with Crippen molar-refractivity contribution >= 4 is 11.1 Å². The van der Waals surface area contributed by atoms with Crippen molar-refractivity contribution in [1.82, 2.24) is 9.13 Å². The molecule has 0 saturated carbocycles. The first-order chi connectivity index (χ1) is 16.7. The van der Waals surface area contributed by atoms with E-state index in [4.69, 9.17) is 5.26 Å². The molecule has 0 amide bonds. The molecule has 0 N–H and O–H groups in total. The molecule has 0 saturated heterocycles. The minimum absolute atomic E-state index is 0.0620. The number of nitriles is 1. The molecule has 0 fully saturated rings. The molecule has 1 heterocycles. The highest BCUT2D eigenvalue weighted by atomic mass is 19.4. The van der Waals surface area contributed by atoms with Crippen molar-refractivity contribution in [1.29, 1.82) is 5.26 Å². The van der Waals surface area contributed by atoms with E-state index in [0.29, 0.717) is 29.7 Å². The van der Waals surface area contributed by atoms with Crippen LogP contribution < -0.4 is 11.2 Å². The maximum atomic E-state index is 13.6. The fourth-order valence-electron chi connectivity index (χ4n) is 4.73. The van der Waals surface area contributed by atoms with Crippen LogP contribution in [0.25, 0.3) is 16.8 Å². The van der Waals surface area contributed by atoms with Gasteiger partial charge in [-0.2, -0.15) is 18.4 Å². The number of hydrogen-bond acceptors (Lipinski definition) is 3. The van der Waals surface area contributed by atoms with Crippen molar-refractivity contribution in [3.05, 3.63) is 97.3 Å². The van der Waals surface area contributed by atoms with Gasteiger partial charge in [-0.3, -0.25) is 13.9 Å². The summed E-state index contributed by atoms with van der Waals surface area (Å²) in [5.74, 6) is 0. The van der Waals surface area contributed by atoms with Crippen LogP contribution in [0.3, 0.4) is 0 Å². The largest absolute Gasteiger partial charge is 0.416 e. The van der Waals surface area contributed by atoms with Gasteiger partial charge in [-0.25, -0.2) is 4.79 Å². The molecule has 2 aromatic carbocycles. The minimum atomic E-state index is -4.56. The average Bonchev–Trinajstić information content (AvgIpc) is 3.31. The van der Waals surface area contributed by atoms with Crippen molar-refractivity contribution in [3.8, 4) is 11.8 Å².